The number of hydrogen-bond acceptors (Lipinski definition) is 3. The molecular weight excluding hydrogens is 264 g/mol. The van der Waals surface area contributed by atoms with Gasteiger partial charge in [-0.05, 0) is 39.5 Å². The molecule has 0 fully saturated rings. The molecule has 0 atom stereocenters. The third-order valence-electron chi connectivity index (χ3n) is 4.07. The summed E-state index contributed by atoms with van der Waals surface area (Å²) in [5, 5.41) is 20.9. The van der Waals surface area contributed by atoms with E-state index in [0.717, 1.165) is 30.4 Å². The van der Waals surface area contributed by atoms with E-state index in [4.69, 9.17) is 4.74 Å². The number of unbranched alkanes of at least 4 members (excludes halogenated alkanes) is 1. The van der Waals surface area contributed by atoms with Crippen LogP contribution in [-0.2, 0) is 12.8 Å². The average Bonchev–Trinajstić information content (AvgIpc) is 2.49. The largest absolute Gasteiger partial charge is 0.507 e. The number of ether oxygens (including phenoxy) is 1. The molecule has 0 aliphatic carbocycles. The van der Waals surface area contributed by atoms with Gasteiger partial charge < -0.3 is 14.9 Å². The smallest absolute Gasteiger partial charge is 0.167 e. The summed E-state index contributed by atoms with van der Waals surface area (Å²) in [7, 11) is 1.53. The predicted molar refractivity (Wildman–Crippen MR) is 87.4 cm³/mol. The van der Waals surface area contributed by atoms with Crippen molar-refractivity contribution in [1.82, 2.24) is 0 Å². The van der Waals surface area contributed by atoms with Gasteiger partial charge in [0.2, 0.25) is 0 Å². The minimum Gasteiger partial charge on any atom is -0.507 e. The lowest BCUT2D eigenvalue weighted by Crippen LogP contribution is -2.00. The van der Waals surface area contributed by atoms with E-state index in [1.165, 1.54) is 12.7 Å². The van der Waals surface area contributed by atoms with Crippen molar-refractivity contribution in [2.24, 2.45) is 0 Å². The van der Waals surface area contributed by atoms with E-state index in [9.17, 15) is 10.2 Å². The van der Waals surface area contributed by atoms with E-state index in [1.54, 1.807) is 0 Å². The molecule has 1 aromatic carbocycles. The van der Waals surface area contributed by atoms with Gasteiger partial charge in [-0.2, -0.15) is 0 Å². The van der Waals surface area contributed by atoms with Crippen LogP contribution in [0.4, 0.5) is 0 Å². The fourth-order valence-corrected chi connectivity index (χ4v) is 2.40. The number of hydrogen-bond donors (Lipinski definition) is 2. The van der Waals surface area contributed by atoms with E-state index in [0.29, 0.717) is 24.2 Å². The van der Waals surface area contributed by atoms with Gasteiger partial charge in [0, 0.05) is 16.7 Å². The van der Waals surface area contributed by atoms with Crippen LogP contribution >= 0.6 is 0 Å². The van der Waals surface area contributed by atoms with Gasteiger partial charge in [-0.15, -0.1) is 0 Å². The molecular formula is C18H28O3. The molecule has 0 heterocycles. The van der Waals surface area contributed by atoms with Gasteiger partial charge in [-0.25, -0.2) is 0 Å². The standard InChI is InChI=1S/C18H28O3/c1-6-8-9-15-17(20)14(11-10-12(3)7-2)13(4)16(19)18(15)21-5/h10,19-20H,6-9,11H2,1-5H3/b12-10+. The number of phenolic OH excluding ortho intramolecular Hbond substituents is 2. The van der Waals surface area contributed by atoms with Crippen LogP contribution in [0.3, 0.4) is 0 Å². The maximum Gasteiger partial charge on any atom is 0.167 e. The number of aromatic hydroxyl groups is 2. The van der Waals surface area contributed by atoms with Crippen molar-refractivity contribution in [2.45, 2.75) is 59.8 Å². The summed E-state index contributed by atoms with van der Waals surface area (Å²) in [6, 6.07) is 0. The number of rotatable bonds is 7. The summed E-state index contributed by atoms with van der Waals surface area (Å²) in [4.78, 5) is 0. The highest BCUT2D eigenvalue weighted by molar-refractivity contribution is 5.62. The van der Waals surface area contributed by atoms with Gasteiger partial charge in [0.05, 0.1) is 7.11 Å². The second kappa shape index (κ2) is 7.96. The molecule has 0 amide bonds. The van der Waals surface area contributed by atoms with Crippen LogP contribution in [-0.4, -0.2) is 17.3 Å². The van der Waals surface area contributed by atoms with Crippen LogP contribution in [0.1, 0.15) is 56.7 Å². The van der Waals surface area contributed by atoms with Crippen LogP contribution in [0.2, 0.25) is 0 Å². The number of benzene rings is 1. The summed E-state index contributed by atoms with van der Waals surface area (Å²) >= 11 is 0. The van der Waals surface area contributed by atoms with Crippen molar-refractivity contribution < 1.29 is 14.9 Å². The van der Waals surface area contributed by atoms with Crippen LogP contribution in [0.15, 0.2) is 11.6 Å². The quantitative estimate of drug-likeness (QED) is 0.568. The number of allylic oxidation sites excluding steroid dienone is 2. The maximum absolute atomic E-state index is 10.6. The first kappa shape index (κ1) is 17.4. The molecule has 0 saturated carbocycles. The third-order valence-corrected chi connectivity index (χ3v) is 4.07. The molecule has 0 aliphatic heterocycles. The Morgan fingerprint density at radius 3 is 2.33 bits per heavy atom. The Bertz CT molecular complexity index is 516. The Balaban J connectivity index is 3.33. The topological polar surface area (TPSA) is 49.7 Å². The lowest BCUT2D eigenvalue weighted by atomic mass is 9.94. The zero-order valence-electron chi connectivity index (χ0n) is 13.9. The zero-order valence-corrected chi connectivity index (χ0v) is 13.9. The van der Waals surface area contributed by atoms with Crippen molar-refractivity contribution in [3.8, 4) is 17.2 Å². The van der Waals surface area contributed by atoms with E-state index >= 15 is 0 Å². The molecule has 0 spiro atoms. The minimum absolute atomic E-state index is 0.152. The van der Waals surface area contributed by atoms with E-state index in [2.05, 4.69) is 26.8 Å². The minimum atomic E-state index is 0.152. The highest BCUT2D eigenvalue weighted by Crippen LogP contribution is 2.43. The molecule has 0 aromatic heterocycles. The van der Waals surface area contributed by atoms with E-state index in [1.807, 2.05) is 6.92 Å². The second-order valence-corrected chi connectivity index (χ2v) is 5.52. The van der Waals surface area contributed by atoms with Crippen molar-refractivity contribution in [3.05, 3.63) is 28.3 Å². The van der Waals surface area contributed by atoms with Gasteiger partial charge in [0.15, 0.2) is 11.5 Å². The molecule has 3 nitrogen and oxygen atoms in total. The Labute approximate surface area is 128 Å². The van der Waals surface area contributed by atoms with Gasteiger partial charge in [-0.1, -0.05) is 31.9 Å². The Kier molecular flexibility index (Phi) is 6.60. The molecule has 118 valence electrons. The lowest BCUT2D eigenvalue weighted by Gasteiger charge is -2.18. The summed E-state index contributed by atoms with van der Waals surface area (Å²) in [5.74, 6) is 0.841. The van der Waals surface area contributed by atoms with Crippen LogP contribution in [0.5, 0.6) is 17.2 Å². The lowest BCUT2D eigenvalue weighted by molar-refractivity contribution is 0.358. The summed E-state index contributed by atoms with van der Waals surface area (Å²) in [6.45, 7) is 8.11. The molecule has 2 N–H and O–H groups in total. The molecule has 0 radical (unpaired) electrons. The van der Waals surface area contributed by atoms with Crippen LogP contribution in [0, 0.1) is 6.92 Å². The average molecular weight is 292 g/mol. The normalized spacial score (nSPS) is 11.8. The molecule has 21 heavy (non-hydrogen) atoms. The van der Waals surface area contributed by atoms with Gasteiger partial charge in [-0.3, -0.25) is 0 Å². The first-order valence-electron chi connectivity index (χ1n) is 7.73. The van der Waals surface area contributed by atoms with Crippen molar-refractivity contribution in [2.75, 3.05) is 7.11 Å². The Morgan fingerprint density at radius 1 is 1.14 bits per heavy atom. The van der Waals surface area contributed by atoms with Crippen molar-refractivity contribution >= 4 is 0 Å². The number of phenols is 2. The fourth-order valence-electron chi connectivity index (χ4n) is 2.40. The molecule has 1 aromatic rings. The molecule has 0 unspecified atom stereocenters. The Hall–Kier alpha value is -1.64. The number of methoxy groups -OCH3 is 1. The van der Waals surface area contributed by atoms with Gasteiger partial charge in [0.1, 0.15) is 5.75 Å². The summed E-state index contributed by atoms with van der Waals surface area (Å²) in [5.41, 5.74) is 3.50. The van der Waals surface area contributed by atoms with Gasteiger partial charge in [0.25, 0.3) is 0 Å². The Morgan fingerprint density at radius 2 is 1.81 bits per heavy atom. The maximum atomic E-state index is 10.6. The van der Waals surface area contributed by atoms with Crippen LogP contribution < -0.4 is 4.74 Å². The van der Waals surface area contributed by atoms with E-state index < -0.39 is 0 Å². The predicted octanol–water partition coefficient (Wildman–Crippen LogP) is 4.66. The summed E-state index contributed by atoms with van der Waals surface area (Å²) < 4.78 is 5.31. The van der Waals surface area contributed by atoms with Gasteiger partial charge >= 0.3 is 0 Å². The molecule has 3 heteroatoms. The fraction of sp³-hybridized carbons (Fsp3) is 0.556. The monoisotopic (exact) mass is 292 g/mol. The molecule has 0 bridgehead atoms. The second-order valence-electron chi connectivity index (χ2n) is 5.52. The molecule has 1 rings (SSSR count). The van der Waals surface area contributed by atoms with Crippen molar-refractivity contribution in [1.29, 1.82) is 0 Å². The van der Waals surface area contributed by atoms with Crippen molar-refractivity contribution in [3.63, 3.8) is 0 Å². The van der Waals surface area contributed by atoms with E-state index in [-0.39, 0.29) is 11.5 Å². The van der Waals surface area contributed by atoms with Crippen LogP contribution in [0.25, 0.3) is 0 Å². The highest BCUT2D eigenvalue weighted by Gasteiger charge is 2.21. The zero-order chi connectivity index (χ0) is 16.0. The molecule has 0 aliphatic rings. The highest BCUT2D eigenvalue weighted by atomic mass is 16.5. The first-order valence-corrected chi connectivity index (χ1v) is 7.73. The first-order chi connectivity index (χ1) is 9.97. The molecule has 0 saturated heterocycles. The summed E-state index contributed by atoms with van der Waals surface area (Å²) in [6.07, 6.45) is 6.43. The third kappa shape index (κ3) is 3.93. The SMILES string of the molecule is CCCCc1c(O)c(C/C=C(\C)CC)c(C)c(O)c1OC.